The first-order chi connectivity index (χ1) is 20.8. The van der Waals surface area contributed by atoms with Gasteiger partial charge < -0.3 is 9.47 Å². The molecule has 6 rings (SSSR count). The van der Waals surface area contributed by atoms with Crippen molar-refractivity contribution in [2.45, 2.75) is 91.3 Å². The van der Waals surface area contributed by atoms with Crippen molar-refractivity contribution in [2.75, 3.05) is 0 Å². The van der Waals surface area contributed by atoms with E-state index in [1.807, 2.05) is 30.3 Å². The van der Waals surface area contributed by atoms with Crippen LogP contribution in [-0.4, -0.2) is 18.5 Å². The Hall–Kier alpha value is -2.85. The van der Waals surface area contributed by atoms with E-state index in [1.54, 1.807) is 0 Å². The molecule has 2 saturated carbocycles. The Morgan fingerprint density at radius 1 is 0.581 bits per heavy atom. The van der Waals surface area contributed by atoms with Crippen LogP contribution in [0, 0.1) is 23.7 Å². The molecule has 2 aliphatic carbocycles. The van der Waals surface area contributed by atoms with E-state index < -0.39 is 0 Å². The van der Waals surface area contributed by atoms with Crippen molar-refractivity contribution in [3.05, 3.63) is 82.8 Å². The van der Waals surface area contributed by atoms with Crippen molar-refractivity contribution in [2.24, 2.45) is 23.7 Å². The van der Waals surface area contributed by atoms with E-state index in [4.69, 9.17) is 9.47 Å². The maximum atomic E-state index is 10.8. The van der Waals surface area contributed by atoms with Crippen LogP contribution >= 0.6 is 15.9 Å². The number of benzene rings is 4. The van der Waals surface area contributed by atoms with Crippen LogP contribution in [0.25, 0.3) is 21.5 Å². The van der Waals surface area contributed by atoms with Crippen molar-refractivity contribution in [3.63, 3.8) is 0 Å². The molecule has 0 bridgehead atoms. The third kappa shape index (κ3) is 8.62. The second-order valence-electron chi connectivity index (χ2n) is 13.3. The van der Waals surface area contributed by atoms with Crippen molar-refractivity contribution in [3.8, 4) is 11.5 Å². The highest BCUT2D eigenvalue weighted by Crippen LogP contribution is 2.34. The van der Waals surface area contributed by atoms with Gasteiger partial charge in [0.25, 0.3) is 0 Å². The maximum Gasteiger partial charge on any atom is 0.150 e. The van der Waals surface area contributed by atoms with Gasteiger partial charge in [-0.25, -0.2) is 0 Å². The number of ether oxygens (including phenoxy) is 2. The Balaban J connectivity index is 0.000000171. The van der Waals surface area contributed by atoms with Gasteiger partial charge in [0.1, 0.15) is 17.8 Å². The third-order valence-corrected chi connectivity index (χ3v) is 10.2. The van der Waals surface area contributed by atoms with Gasteiger partial charge in [0.2, 0.25) is 0 Å². The lowest BCUT2D eigenvalue weighted by atomic mass is 9.80. The first-order valence-electron chi connectivity index (χ1n) is 16.3. The molecule has 3 nitrogen and oxygen atoms in total. The predicted molar refractivity (Wildman–Crippen MR) is 183 cm³/mol. The van der Waals surface area contributed by atoms with Gasteiger partial charge in [0.05, 0.1) is 12.2 Å². The van der Waals surface area contributed by atoms with Gasteiger partial charge in [-0.15, -0.1) is 0 Å². The van der Waals surface area contributed by atoms with Gasteiger partial charge >= 0.3 is 0 Å². The number of carbonyl (C=O) groups excluding carboxylic acids is 1. The Bertz CT molecular complexity index is 1490. The van der Waals surface area contributed by atoms with Crippen molar-refractivity contribution in [1.82, 2.24) is 0 Å². The Kier molecular flexibility index (Phi) is 10.8. The molecular weight excluding hydrogens is 596 g/mol. The zero-order chi connectivity index (χ0) is 30.3. The minimum absolute atomic E-state index is 0.349. The van der Waals surface area contributed by atoms with Gasteiger partial charge in [-0.1, -0.05) is 74.0 Å². The van der Waals surface area contributed by atoms with Gasteiger partial charge in [0.15, 0.2) is 0 Å². The quantitative estimate of drug-likeness (QED) is 0.188. The Morgan fingerprint density at radius 3 is 1.47 bits per heavy atom. The van der Waals surface area contributed by atoms with Gasteiger partial charge in [-0.3, -0.25) is 4.79 Å². The molecule has 4 aromatic rings. The van der Waals surface area contributed by atoms with E-state index in [-0.39, 0.29) is 0 Å². The SMILES string of the molecule is CC(C)C1CCC(Oc2ccc3cc(Br)ccc3c2)CC1.CC(C)C1CCC(Oc2ccc3cc(C=O)ccc3c2)CC1. The van der Waals surface area contributed by atoms with Crippen LogP contribution in [0.15, 0.2) is 77.3 Å². The summed E-state index contributed by atoms with van der Waals surface area (Å²) in [5.74, 6) is 5.30. The summed E-state index contributed by atoms with van der Waals surface area (Å²) in [7, 11) is 0. The smallest absolute Gasteiger partial charge is 0.150 e. The normalized spacial score (nSPS) is 22.3. The lowest BCUT2D eigenvalue weighted by Gasteiger charge is -2.31. The number of aldehydes is 1. The summed E-state index contributed by atoms with van der Waals surface area (Å²) >= 11 is 3.52. The predicted octanol–water partition coefficient (Wildman–Crippen LogP) is 11.4. The second-order valence-corrected chi connectivity index (χ2v) is 14.3. The lowest BCUT2D eigenvalue weighted by Crippen LogP contribution is -2.26. The van der Waals surface area contributed by atoms with Crippen molar-refractivity contribution < 1.29 is 14.3 Å². The first-order valence-corrected chi connectivity index (χ1v) is 17.1. The summed E-state index contributed by atoms with van der Waals surface area (Å²) in [6, 6.07) is 24.7. The average molecular weight is 644 g/mol. The van der Waals surface area contributed by atoms with Crippen molar-refractivity contribution in [1.29, 1.82) is 0 Å². The van der Waals surface area contributed by atoms with Crippen LogP contribution < -0.4 is 9.47 Å². The summed E-state index contributed by atoms with van der Waals surface area (Å²) in [5.41, 5.74) is 0.716. The van der Waals surface area contributed by atoms with E-state index >= 15 is 0 Å². The third-order valence-electron chi connectivity index (χ3n) is 9.67. The molecule has 0 saturated heterocycles. The number of rotatable bonds is 7. The molecule has 0 atom stereocenters. The topological polar surface area (TPSA) is 35.5 Å². The number of halogens is 1. The molecular formula is C39H47BrO3. The molecule has 4 heteroatoms. The molecule has 0 N–H and O–H groups in total. The summed E-state index contributed by atoms with van der Waals surface area (Å²) in [6.45, 7) is 9.33. The zero-order valence-corrected chi connectivity index (χ0v) is 27.8. The summed E-state index contributed by atoms with van der Waals surface area (Å²) in [5, 5.41) is 4.70. The van der Waals surface area contributed by atoms with E-state index in [2.05, 4.69) is 86.1 Å². The lowest BCUT2D eigenvalue weighted by molar-refractivity contribution is 0.112. The average Bonchev–Trinajstić information content (AvgIpc) is 3.01. The molecule has 0 aliphatic heterocycles. The van der Waals surface area contributed by atoms with Gasteiger partial charge in [-0.2, -0.15) is 0 Å². The van der Waals surface area contributed by atoms with Crippen LogP contribution in [0.4, 0.5) is 0 Å². The standard InChI is InChI=1S/C20H24O2.C19H23BrO/c1-14(2)16-5-8-19(9-6-16)22-20-10-7-17-11-15(13-21)3-4-18(17)12-20;1-13(2)14-4-8-18(9-5-14)21-19-10-6-15-11-17(20)7-3-16(15)12-19/h3-4,7,10-14,16,19H,5-6,8-9H2,1-2H3;3,6-7,10-14,18H,4-5,8-9H2,1-2H3. The highest BCUT2D eigenvalue weighted by atomic mass is 79.9. The summed E-state index contributed by atoms with van der Waals surface area (Å²) < 4.78 is 13.5. The van der Waals surface area contributed by atoms with Crippen LogP contribution in [0.3, 0.4) is 0 Å². The zero-order valence-electron chi connectivity index (χ0n) is 26.2. The van der Waals surface area contributed by atoms with E-state index in [0.717, 1.165) is 69.5 Å². The Morgan fingerprint density at radius 2 is 1.00 bits per heavy atom. The summed E-state index contributed by atoms with van der Waals surface area (Å²) in [6.07, 6.45) is 11.5. The van der Waals surface area contributed by atoms with Crippen LogP contribution in [0.5, 0.6) is 11.5 Å². The van der Waals surface area contributed by atoms with E-state index in [9.17, 15) is 4.79 Å². The highest BCUT2D eigenvalue weighted by Gasteiger charge is 2.25. The van der Waals surface area contributed by atoms with Gasteiger partial charge in [0, 0.05) is 10.0 Å². The fourth-order valence-corrected chi connectivity index (χ4v) is 7.17. The molecule has 0 aromatic heterocycles. The van der Waals surface area contributed by atoms with Crippen LogP contribution in [0.1, 0.15) is 89.4 Å². The molecule has 228 valence electrons. The largest absolute Gasteiger partial charge is 0.490 e. The molecule has 4 aromatic carbocycles. The highest BCUT2D eigenvalue weighted by molar-refractivity contribution is 9.10. The molecule has 0 heterocycles. The molecule has 0 amide bonds. The first kappa shape index (κ1) is 31.6. The molecule has 43 heavy (non-hydrogen) atoms. The number of fused-ring (bicyclic) bond motifs is 2. The molecule has 2 fully saturated rings. The number of hydrogen-bond donors (Lipinski definition) is 0. The maximum absolute atomic E-state index is 10.8. The minimum Gasteiger partial charge on any atom is -0.490 e. The molecule has 0 spiro atoms. The minimum atomic E-state index is 0.349. The molecule has 2 aliphatic rings. The number of hydrogen-bond acceptors (Lipinski definition) is 3. The Labute approximate surface area is 266 Å². The monoisotopic (exact) mass is 642 g/mol. The van der Waals surface area contributed by atoms with Crippen LogP contribution in [-0.2, 0) is 0 Å². The van der Waals surface area contributed by atoms with E-state index in [0.29, 0.717) is 17.8 Å². The van der Waals surface area contributed by atoms with Gasteiger partial charge in [-0.05, 0) is 139 Å². The molecule has 0 radical (unpaired) electrons. The fourth-order valence-electron chi connectivity index (χ4n) is 6.79. The summed E-state index contributed by atoms with van der Waals surface area (Å²) in [4.78, 5) is 10.8. The van der Waals surface area contributed by atoms with Crippen LogP contribution in [0.2, 0.25) is 0 Å². The van der Waals surface area contributed by atoms with Crippen molar-refractivity contribution >= 4 is 43.8 Å². The van der Waals surface area contributed by atoms with E-state index in [1.165, 1.54) is 49.3 Å². The number of carbonyl (C=O) groups is 1. The second kappa shape index (κ2) is 14.8. The molecule has 0 unspecified atom stereocenters. The fraction of sp³-hybridized carbons (Fsp3) is 0.462.